The summed E-state index contributed by atoms with van der Waals surface area (Å²) >= 11 is 0. The van der Waals surface area contributed by atoms with Gasteiger partial charge < -0.3 is 19.7 Å². The molecule has 26 heavy (non-hydrogen) atoms. The average Bonchev–Trinajstić information content (AvgIpc) is 2.78. The maximum atomic E-state index is 11.8. The first-order chi connectivity index (χ1) is 12.3. The zero-order valence-electron chi connectivity index (χ0n) is 15.1. The van der Waals surface area contributed by atoms with Crippen molar-refractivity contribution in [3.8, 4) is 0 Å². The van der Waals surface area contributed by atoms with Crippen molar-refractivity contribution in [2.24, 2.45) is 5.41 Å². The second kappa shape index (κ2) is 8.70. The van der Waals surface area contributed by atoms with Crippen LogP contribution >= 0.6 is 8.69 Å². The van der Waals surface area contributed by atoms with Gasteiger partial charge in [-0.1, -0.05) is 0 Å². The van der Waals surface area contributed by atoms with E-state index >= 15 is 0 Å². The SMILES string of the molecule is CC(C)(C)C(=O)OCOC(CCN1CCCNc2c1c(=O)c2=O)OP=O. The van der Waals surface area contributed by atoms with Crippen LogP contribution in [0.1, 0.15) is 33.6 Å². The fourth-order valence-electron chi connectivity index (χ4n) is 2.52. The van der Waals surface area contributed by atoms with E-state index in [9.17, 15) is 18.9 Å². The Morgan fingerprint density at radius 2 is 2.04 bits per heavy atom. The molecule has 1 N–H and O–H groups in total. The molecule has 0 fully saturated rings. The number of nitrogens with one attached hydrogen (secondary N) is 1. The smallest absolute Gasteiger partial charge is 0.329 e. The maximum Gasteiger partial charge on any atom is 0.329 e. The van der Waals surface area contributed by atoms with E-state index in [0.717, 1.165) is 6.42 Å². The molecule has 0 aliphatic carbocycles. The van der Waals surface area contributed by atoms with E-state index < -0.39 is 37.2 Å². The fourth-order valence-corrected chi connectivity index (χ4v) is 2.78. The lowest BCUT2D eigenvalue weighted by molar-refractivity contribution is -0.185. The molecule has 9 nitrogen and oxygen atoms in total. The van der Waals surface area contributed by atoms with E-state index in [2.05, 4.69) is 5.32 Å². The Hall–Kier alpha value is -1.83. The maximum absolute atomic E-state index is 11.8. The molecule has 0 bridgehead atoms. The highest BCUT2D eigenvalue weighted by Gasteiger charge is 2.28. The van der Waals surface area contributed by atoms with Gasteiger partial charge in [0, 0.05) is 26.1 Å². The van der Waals surface area contributed by atoms with Crippen LogP contribution in [0.25, 0.3) is 0 Å². The minimum atomic E-state index is -0.881. The highest BCUT2D eigenvalue weighted by Crippen LogP contribution is 2.24. The van der Waals surface area contributed by atoms with E-state index in [0.29, 0.717) is 31.0 Å². The highest BCUT2D eigenvalue weighted by molar-refractivity contribution is 7.17. The van der Waals surface area contributed by atoms with Crippen LogP contribution in [-0.4, -0.2) is 38.7 Å². The predicted octanol–water partition coefficient (Wildman–Crippen LogP) is 1.41. The molecule has 0 saturated heterocycles. The van der Waals surface area contributed by atoms with Crippen LogP contribution in [0.2, 0.25) is 0 Å². The molecule has 1 aliphatic heterocycles. The van der Waals surface area contributed by atoms with Crippen LogP contribution in [-0.2, 0) is 23.4 Å². The Morgan fingerprint density at radius 3 is 2.69 bits per heavy atom. The first kappa shape index (κ1) is 20.5. The predicted molar refractivity (Wildman–Crippen MR) is 95.3 cm³/mol. The lowest BCUT2D eigenvalue weighted by Gasteiger charge is -2.26. The van der Waals surface area contributed by atoms with Crippen molar-refractivity contribution < 1.29 is 23.4 Å². The van der Waals surface area contributed by atoms with Gasteiger partial charge in [0.1, 0.15) is 11.4 Å². The third kappa shape index (κ3) is 4.87. The lowest BCUT2D eigenvalue weighted by atomic mass is 9.98. The van der Waals surface area contributed by atoms with Crippen molar-refractivity contribution in [1.82, 2.24) is 0 Å². The Labute approximate surface area is 152 Å². The third-order valence-corrected chi connectivity index (χ3v) is 4.28. The van der Waals surface area contributed by atoms with Crippen molar-refractivity contribution in [3.05, 3.63) is 20.4 Å². The normalized spacial score (nSPS) is 16.0. The van der Waals surface area contributed by atoms with Gasteiger partial charge in [-0.3, -0.25) is 18.9 Å². The Bertz CT molecular complexity index is 721. The molecule has 0 aromatic heterocycles. The van der Waals surface area contributed by atoms with Crippen LogP contribution in [0.3, 0.4) is 0 Å². The molecule has 10 heteroatoms. The Kier molecular flexibility index (Phi) is 6.86. The summed E-state index contributed by atoms with van der Waals surface area (Å²) in [6, 6.07) is 0. The Morgan fingerprint density at radius 1 is 1.31 bits per heavy atom. The molecule has 2 rings (SSSR count). The van der Waals surface area contributed by atoms with Gasteiger partial charge in [0.15, 0.2) is 13.1 Å². The van der Waals surface area contributed by atoms with Gasteiger partial charge in [-0.05, 0) is 27.2 Å². The summed E-state index contributed by atoms with van der Waals surface area (Å²) in [7, 11) is -0.567. The summed E-state index contributed by atoms with van der Waals surface area (Å²) in [5, 5.41) is 2.96. The Balaban J connectivity index is 1.89. The van der Waals surface area contributed by atoms with Gasteiger partial charge in [0.25, 0.3) is 10.9 Å². The van der Waals surface area contributed by atoms with Crippen molar-refractivity contribution >= 4 is 26.0 Å². The third-order valence-electron chi connectivity index (χ3n) is 3.96. The number of hydrogen-bond donors (Lipinski definition) is 1. The number of nitrogens with zero attached hydrogens (tertiary/aromatic N) is 1. The standard InChI is InChI=1S/C16H23N2O7P/c1-16(2,3)15(21)24-9-23-10(25-26-22)5-8-18-7-4-6-17-11-12(18)14(20)13(11)19/h10,17H,4-9H2,1-3H3. The van der Waals surface area contributed by atoms with Crippen LogP contribution in [0.15, 0.2) is 9.59 Å². The number of rotatable bonds is 8. The fraction of sp³-hybridized carbons (Fsp3) is 0.688. The topological polar surface area (TPSA) is 111 Å². The van der Waals surface area contributed by atoms with Gasteiger partial charge in [0.05, 0.1) is 5.41 Å². The number of fused-ring (bicyclic) bond motifs is 1. The van der Waals surface area contributed by atoms with Gasteiger partial charge in [-0.25, -0.2) is 4.57 Å². The largest absolute Gasteiger partial charge is 0.438 e. The van der Waals surface area contributed by atoms with Crippen LogP contribution in [0, 0.1) is 5.41 Å². The molecule has 0 spiro atoms. The molecule has 0 amide bonds. The highest BCUT2D eigenvalue weighted by atomic mass is 31.1. The molecule has 144 valence electrons. The van der Waals surface area contributed by atoms with Gasteiger partial charge in [-0.2, -0.15) is 0 Å². The number of anilines is 2. The van der Waals surface area contributed by atoms with Crippen molar-refractivity contribution in [2.45, 2.75) is 39.9 Å². The summed E-state index contributed by atoms with van der Waals surface area (Å²) < 4.78 is 26.0. The van der Waals surface area contributed by atoms with E-state index in [1.165, 1.54) is 0 Å². The van der Waals surface area contributed by atoms with Gasteiger partial charge in [0.2, 0.25) is 0 Å². The lowest BCUT2D eigenvalue weighted by Crippen LogP contribution is -2.42. The summed E-state index contributed by atoms with van der Waals surface area (Å²) in [6.07, 6.45) is 0.164. The number of carbonyl (C=O) groups is 1. The molecule has 1 unspecified atom stereocenters. The summed E-state index contributed by atoms with van der Waals surface area (Å²) in [5.41, 5.74) is -0.927. The zero-order chi connectivity index (χ0) is 19.3. The van der Waals surface area contributed by atoms with E-state index in [1.807, 2.05) is 0 Å². The zero-order valence-corrected chi connectivity index (χ0v) is 16.0. The van der Waals surface area contributed by atoms with Crippen LogP contribution in [0.4, 0.5) is 11.4 Å². The van der Waals surface area contributed by atoms with Gasteiger partial charge in [-0.15, -0.1) is 0 Å². The summed E-state index contributed by atoms with van der Waals surface area (Å²) in [5.74, 6) is -0.428. The first-order valence-electron chi connectivity index (χ1n) is 8.35. The van der Waals surface area contributed by atoms with Crippen molar-refractivity contribution in [2.75, 3.05) is 36.6 Å². The molecular weight excluding hydrogens is 363 g/mol. The minimum Gasteiger partial charge on any atom is -0.438 e. The first-order valence-corrected chi connectivity index (χ1v) is 9.08. The summed E-state index contributed by atoms with van der Waals surface area (Å²) in [4.78, 5) is 36.9. The molecule has 1 atom stereocenters. The molecule has 1 aliphatic rings. The van der Waals surface area contributed by atoms with Crippen LogP contribution < -0.4 is 21.1 Å². The average molecular weight is 386 g/mol. The van der Waals surface area contributed by atoms with E-state index in [1.54, 1.807) is 25.7 Å². The number of esters is 1. The van der Waals surface area contributed by atoms with Crippen molar-refractivity contribution in [1.29, 1.82) is 0 Å². The second-order valence-electron chi connectivity index (χ2n) is 7.01. The quantitative estimate of drug-likeness (QED) is 0.307. The molecule has 1 aromatic rings. The number of ether oxygens (including phenoxy) is 2. The van der Waals surface area contributed by atoms with E-state index in [4.69, 9.17) is 14.0 Å². The molecule has 0 radical (unpaired) electrons. The van der Waals surface area contributed by atoms with Gasteiger partial charge >= 0.3 is 14.7 Å². The van der Waals surface area contributed by atoms with Crippen molar-refractivity contribution in [3.63, 3.8) is 0 Å². The van der Waals surface area contributed by atoms with E-state index in [-0.39, 0.29) is 13.2 Å². The minimum absolute atomic E-state index is 0.278. The summed E-state index contributed by atoms with van der Waals surface area (Å²) in [6.45, 7) is 6.41. The van der Waals surface area contributed by atoms with Crippen LogP contribution in [0.5, 0.6) is 0 Å². The second-order valence-corrected chi connectivity index (χ2v) is 7.37. The number of hydrogen-bond acceptors (Lipinski definition) is 9. The molecule has 1 aromatic carbocycles. The molecule has 1 heterocycles. The molecular formula is C16H23N2O7P. The number of carbonyl (C=O) groups excluding carboxylic acids is 1. The molecule has 0 saturated carbocycles. The monoisotopic (exact) mass is 386 g/mol.